The Balaban J connectivity index is 2.05. The number of carbonyl (C=O) groups excluding carboxylic acids is 1. The van der Waals surface area contributed by atoms with E-state index in [1.54, 1.807) is 12.4 Å². The van der Waals surface area contributed by atoms with Crippen molar-refractivity contribution in [2.75, 3.05) is 13.1 Å². The third kappa shape index (κ3) is 3.44. The Morgan fingerprint density at radius 1 is 1.15 bits per heavy atom. The van der Waals surface area contributed by atoms with Crippen molar-refractivity contribution in [1.29, 1.82) is 0 Å². The van der Waals surface area contributed by atoms with Crippen LogP contribution in [0.15, 0.2) is 48.8 Å². The summed E-state index contributed by atoms with van der Waals surface area (Å²) in [6.45, 7) is 5.44. The van der Waals surface area contributed by atoms with E-state index in [9.17, 15) is 4.79 Å². The zero-order valence-corrected chi connectivity index (χ0v) is 12.0. The number of carbonyl (C=O) groups is 1. The normalized spacial score (nSPS) is 10.3. The van der Waals surface area contributed by atoms with Crippen molar-refractivity contribution < 1.29 is 4.79 Å². The topological polar surface area (TPSA) is 33.2 Å². The predicted octanol–water partition coefficient (Wildman–Crippen LogP) is 3.09. The number of hydrogen-bond donors (Lipinski definition) is 0. The van der Waals surface area contributed by atoms with Gasteiger partial charge in [0.2, 0.25) is 0 Å². The van der Waals surface area contributed by atoms with Gasteiger partial charge in [0.05, 0.1) is 0 Å². The Morgan fingerprint density at radius 3 is 2.50 bits per heavy atom. The maximum Gasteiger partial charge on any atom is 0.254 e. The van der Waals surface area contributed by atoms with Crippen molar-refractivity contribution in [1.82, 2.24) is 9.88 Å². The molecule has 0 bridgehead atoms. The van der Waals surface area contributed by atoms with Gasteiger partial charge in [-0.05, 0) is 49.6 Å². The van der Waals surface area contributed by atoms with Crippen LogP contribution < -0.4 is 0 Å². The molecule has 2 rings (SSSR count). The quantitative estimate of drug-likeness (QED) is 0.835. The van der Waals surface area contributed by atoms with Crippen LogP contribution in [-0.2, 0) is 6.42 Å². The average molecular weight is 268 g/mol. The zero-order chi connectivity index (χ0) is 14.4. The molecule has 3 heteroatoms. The summed E-state index contributed by atoms with van der Waals surface area (Å²) >= 11 is 0. The maximum atomic E-state index is 12.5. The molecule has 0 spiro atoms. The highest BCUT2D eigenvalue weighted by molar-refractivity contribution is 5.95. The number of pyridine rings is 1. The number of aryl methyl sites for hydroxylation is 1. The lowest BCUT2D eigenvalue weighted by atomic mass is 10.1. The Kier molecular flexibility index (Phi) is 4.88. The Labute approximate surface area is 120 Å². The third-order valence-electron chi connectivity index (χ3n) is 3.46. The molecule has 104 valence electrons. The fourth-order valence-electron chi connectivity index (χ4n) is 2.20. The molecule has 0 fully saturated rings. The van der Waals surface area contributed by atoms with Crippen molar-refractivity contribution in [2.24, 2.45) is 0 Å². The van der Waals surface area contributed by atoms with Gasteiger partial charge in [0, 0.05) is 31.0 Å². The standard InChI is InChI=1S/C17H20N2O/c1-3-19(13-10-15-8-11-18-12-9-15)17(20)16-7-5-4-6-14(16)2/h4-9,11-12H,3,10,13H2,1-2H3. The Hall–Kier alpha value is -2.16. The van der Waals surface area contributed by atoms with E-state index in [0.717, 1.165) is 30.6 Å². The van der Waals surface area contributed by atoms with Crippen LogP contribution in [0.25, 0.3) is 0 Å². The van der Waals surface area contributed by atoms with E-state index in [1.165, 1.54) is 5.56 Å². The highest BCUT2D eigenvalue weighted by atomic mass is 16.2. The fourth-order valence-corrected chi connectivity index (χ4v) is 2.20. The molecule has 0 aliphatic rings. The van der Waals surface area contributed by atoms with Crippen LogP contribution in [0.5, 0.6) is 0 Å². The number of aromatic nitrogens is 1. The highest BCUT2D eigenvalue weighted by Gasteiger charge is 2.15. The van der Waals surface area contributed by atoms with E-state index in [-0.39, 0.29) is 5.91 Å². The van der Waals surface area contributed by atoms with Crippen LogP contribution in [-0.4, -0.2) is 28.9 Å². The second-order valence-electron chi connectivity index (χ2n) is 4.81. The molecular formula is C17H20N2O. The van der Waals surface area contributed by atoms with Crippen LogP contribution in [0.1, 0.15) is 28.4 Å². The van der Waals surface area contributed by atoms with E-state index in [0.29, 0.717) is 0 Å². The second kappa shape index (κ2) is 6.85. The van der Waals surface area contributed by atoms with Gasteiger partial charge in [-0.3, -0.25) is 9.78 Å². The van der Waals surface area contributed by atoms with Crippen molar-refractivity contribution in [3.05, 3.63) is 65.5 Å². The molecule has 1 heterocycles. The molecule has 3 nitrogen and oxygen atoms in total. The maximum absolute atomic E-state index is 12.5. The molecule has 0 saturated carbocycles. The van der Waals surface area contributed by atoms with Crippen LogP contribution in [0.3, 0.4) is 0 Å². The smallest absolute Gasteiger partial charge is 0.254 e. The third-order valence-corrected chi connectivity index (χ3v) is 3.46. The average Bonchev–Trinajstić information content (AvgIpc) is 2.49. The number of hydrogen-bond acceptors (Lipinski definition) is 2. The first-order valence-electron chi connectivity index (χ1n) is 6.96. The minimum absolute atomic E-state index is 0.111. The lowest BCUT2D eigenvalue weighted by molar-refractivity contribution is 0.0765. The van der Waals surface area contributed by atoms with Crippen molar-refractivity contribution in [2.45, 2.75) is 20.3 Å². The molecule has 1 aromatic carbocycles. The molecule has 2 aromatic rings. The molecular weight excluding hydrogens is 248 g/mol. The number of nitrogens with zero attached hydrogens (tertiary/aromatic N) is 2. The number of benzene rings is 1. The van der Waals surface area contributed by atoms with Crippen LogP contribution in [0.4, 0.5) is 0 Å². The van der Waals surface area contributed by atoms with Gasteiger partial charge >= 0.3 is 0 Å². The monoisotopic (exact) mass is 268 g/mol. The van der Waals surface area contributed by atoms with Crippen molar-refractivity contribution in [3.8, 4) is 0 Å². The van der Waals surface area contributed by atoms with Crippen LogP contribution in [0.2, 0.25) is 0 Å². The van der Waals surface area contributed by atoms with Gasteiger partial charge in [-0.25, -0.2) is 0 Å². The largest absolute Gasteiger partial charge is 0.339 e. The Bertz CT molecular complexity index is 566. The summed E-state index contributed by atoms with van der Waals surface area (Å²) in [4.78, 5) is 18.4. The Morgan fingerprint density at radius 2 is 1.85 bits per heavy atom. The summed E-state index contributed by atoms with van der Waals surface area (Å²) in [6, 6.07) is 11.7. The summed E-state index contributed by atoms with van der Waals surface area (Å²) in [5.74, 6) is 0.111. The van der Waals surface area contributed by atoms with Gasteiger partial charge in [-0.1, -0.05) is 18.2 Å². The minimum atomic E-state index is 0.111. The van der Waals surface area contributed by atoms with Crippen LogP contribution in [0, 0.1) is 6.92 Å². The molecule has 20 heavy (non-hydrogen) atoms. The first-order valence-corrected chi connectivity index (χ1v) is 6.96. The molecule has 0 aliphatic carbocycles. The van der Waals surface area contributed by atoms with Crippen molar-refractivity contribution in [3.63, 3.8) is 0 Å². The number of rotatable bonds is 5. The van der Waals surface area contributed by atoms with Crippen LogP contribution >= 0.6 is 0 Å². The predicted molar refractivity (Wildman–Crippen MR) is 80.7 cm³/mol. The van der Waals surface area contributed by atoms with E-state index >= 15 is 0 Å². The molecule has 0 radical (unpaired) electrons. The van der Waals surface area contributed by atoms with E-state index in [2.05, 4.69) is 4.98 Å². The van der Waals surface area contributed by atoms with Gasteiger partial charge in [-0.2, -0.15) is 0 Å². The van der Waals surface area contributed by atoms with Gasteiger partial charge in [0.25, 0.3) is 5.91 Å². The van der Waals surface area contributed by atoms with E-state index in [1.807, 2.05) is 55.1 Å². The summed E-state index contributed by atoms with van der Waals surface area (Å²) < 4.78 is 0. The van der Waals surface area contributed by atoms with E-state index in [4.69, 9.17) is 0 Å². The first kappa shape index (κ1) is 14.3. The number of likely N-dealkylation sites (N-methyl/N-ethyl adjacent to an activating group) is 1. The van der Waals surface area contributed by atoms with Gasteiger partial charge in [-0.15, -0.1) is 0 Å². The SMILES string of the molecule is CCN(CCc1ccncc1)C(=O)c1ccccc1C. The fraction of sp³-hybridized carbons (Fsp3) is 0.294. The molecule has 0 saturated heterocycles. The first-order chi connectivity index (χ1) is 9.72. The molecule has 0 atom stereocenters. The summed E-state index contributed by atoms with van der Waals surface area (Å²) in [5, 5.41) is 0. The lowest BCUT2D eigenvalue weighted by Gasteiger charge is -2.21. The zero-order valence-electron chi connectivity index (χ0n) is 12.0. The summed E-state index contributed by atoms with van der Waals surface area (Å²) in [7, 11) is 0. The second-order valence-corrected chi connectivity index (χ2v) is 4.81. The molecule has 1 amide bonds. The van der Waals surface area contributed by atoms with Gasteiger partial charge < -0.3 is 4.90 Å². The molecule has 1 aromatic heterocycles. The minimum Gasteiger partial charge on any atom is -0.339 e. The summed E-state index contributed by atoms with van der Waals surface area (Å²) in [5.41, 5.74) is 3.03. The highest BCUT2D eigenvalue weighted by Crippen LogP contribution is 2.11. The lowest BCUT2D eigenvalue weighted by Crippen LogP contribution is -2.33. The summed E-state index contributed by atoms with van der Waals surface area (Å²) in [6.07, 6.45) is 4.43. The molecule has 0 aliphatic heterocycles. The van der Waals surface area contributed by atoms with Gasteiger partial charge in [0.1, 0.15) is 0 Å². The number of amides is 1. The van der Waals surface area contributed by atoms with Gasteiger partial charge in [0.15, 0.2) is 0 Å². The molecule has 0 unspecified atom stereocenters. The molecule has 0 N–H and O–H groups in total. The van der Waals surface area contributed by atoms with Crippen molar-refractivity contribution >= 4 is 5.91 Å². The van der Waals surface area contributed by atoms with E-state index < -0.39 is 0 Å².